The van der Waals surface area contributed by atoms with Crippen LogP contribution in [-0.2, 0) is 0 Å². The third kappa shape index (κ3) is 2.50. The zero-order valence-corrected chi connectivity index (χ0v) is 11.1. The van der Waals surface area contributed by atoms with E-state index in [2.05, 4.69) is 15.4 Å². The molecule has 1 saturated carbocycles. The first kappa shape index (κ1) is 11.9. The number of aryl methyl sites for hydroxylation is 2. The van der Waals surface area contributed by atoms with Crippen molar-refractivity contribution in [2.45, 2.75) is 32.7 Å². The Morgan fingerprint density at radius 3 is 2.68 bits per heavy atom. The Kier molecular flexibility index (Phi) is 2.81. The van der Waals surface area contributed by atoms with Crippen LogP contribution in [0, 0.1) is 13.8 Å². The van der Waals surface area contributed by atoms with Crippen molar-refractivity contribution in [2.24, 2.45) is 0 Å². The standard InChI is InChI=1S/C14H16N4O/c1-9-7-10(2)18(17-9)13-6-3-11(8-15-13)14(19)16-12-4-5-12/h3,6-8,12H,4-5H2,1-2H3,(H,16,19). The molecule has 0 unspecified atom stereocenters. The molecule has 19 heavy (non-hydrogen) atoms. The van der Waals surface area contributed by atoms with E-state index in [1.165, 1.54) is 0 Å². The van der Waals surface area contributed by atoms with Crippen LogP contribution in [0.1, 0.15) is 34.6 Å². The maximum Gasteiger partial charge on any atom is 0.253 e. The van der Waals surface area contributed by atoms with E-state index in [9.17, 15) is 4.79 Å². The minimum Gasteiger partial charge on any atom is -0.349 e. The molecule has 2 heterocycles. The lowest BCUT2D eigenvalue weighted by molar-refractivity contribution is 0.0950. The normalized spacial score (nSPS) is 14.4. The summed E-state index contributed by atoms with van der Waals surface area (Å²) in [5.41, 5.74) is 2.58. The Morgan fingerprint density at radius 1 is 1.37 bits per heavy atom. The lowest BCUT2D eigenvalue weighted by Gasteiger charge is -2.05. The molecule has 0 atom stereocenters. The topological polar surface area (TPSA) is 59.8 Å². The Morgan fingerprint density at radius 2 is 2.16 bits per heavy atom. The van der Waals surface area contributed by atoms with E-state index in [1.807, 2.05) is 26.0 Å². The molecular formula is C14H16N4O. The molecule has 1 N–H and O–H groups in total. The Hall–Kier alpha value is -2.17. The molecule has 5 heteroatoms. The highest BCUT2D eigenvalue weighted by atomic mass is 16.1. The summed E-state index contributed by atoms with van der Waals surface area (Å²) in [7, 11) is 0. The lowest BCUT2D eigenvalue weighted by Crippen LogP contribution is -2.25. The van der Waals surface area contributed by atoms with Gasteiger partial charge >= 0.3 is 0 Å². The summed E-state index contributed by atoms with van der Waals surface area (Å²) in [5.74, 6) is 0.684. The van der Waals surface area contributed by atoms with E-state index < -0.39 is 0 Å². The molecule has 0 saturated heterocycles. The molecule has 1 fully saturated rings. The van der Waals surface area contributed by atoms with Crippen molar-refractivity contribution in [1.82, 2.24) is 20.1 Å². The first-order valence-electron chi connectivity index (χ1n) is 6.44. The molecule has 0 radical (unpaired) electrons. The summed E-state index contributed by atoms with van der Waals surface area (Å²) in [6.45, 7) is 3.93. The van der Waals surface area contributed by atoms with Gasteiger partial charge < -0.3 is 5.32 Å². The molecular weight excluding hydrogens is 240 g/mol. The molecule has 1 aliphatic rings. The van der Waals surface area contributed by atoms with Crippen LogP contribution in [0.4, 0.5) is 0 Å². The highest BCUT2D eigenvalue weighted by Gasteiger charge is 2.23. The van der Waals surface area contributed by atoms with Crippen molar-refractivity contribution in [1.29, 1.82) is 0 Å². The second kappa shape index (κ2) is 4.50. The quantitative estimate of drug-likeness (QED) is 0.910. The highest BCUT2D eigenvalue weighted by Crippen LogP contribution is 2.19. The van der Waals surface area contributed by atoms with Crippen molar-refractivity contribution >= 4 is 5.91 Å². The summed E-state index contributed by atoms with van der Waals surface area (Å²) < 4.78 is 1.78. The number of nitrogens with zero attached hydrogens (tertiary/aromatic N) is 3. The fraction of sp³-hybridized carbons (Fsp3) is 0.357. The molecule has 0 bridgehead atoms. The zero-order valence-electron chi connectivity index (χ0n) is 11.1. The highest BCUT2D eigenvalue weighted by molar-refractivity contribution is 5.94. The van der Waals surface area contributed by atoms with Crippen LogP contribution in [0.5, 0.6) is 0 Å². The van der Waals surface area contributed by atoms with Gasteiger partial charge in [-0.2, -0.15) is 5.10 Å². The number of aromatic nitrogens is 3. The monoisotopic (exact) mass is 256 g/mol. The largest absolute Gasteiger partial charge is 0.349 e. The molecule has 1 aliphatic carbocycles. The molecule has 0 aliphatic heterocycles. The van der Waals surface area contributed by atoms with Crippen LogP contribution in [0.15, 0.2) is 24.4 Å². The zero-order chi connectivity index (χ0) is 13.4. The number of carbonyl (C=O) groups excluding carboxylic acids is 1. The first-order chi connectivity index (χ1) is 9.13. The van der Waals surface area contributed by atoms with Gasteiger partial charge in [-0.3, -0.25) is 4.79 Å². The molecule has 2 aromatic rings. The van der Waals surface area contributed by atoms with Gasteiger partial charge in [0.25, 0.3) is 5.91 Å². The summed E-state index contributed by atoms with van der Waals surface area (Å²) in [6.07, 6.45) is 3.77. The Labute approximate surface area is 111 Å². The van der Waals surface area contributed by atoms with Gasteiger partial charge in [-0.15, -0.1) is 0 Å². The van der Waals surface area contributed by atoms with Crippen molar-refractivity contribution in [3.63, 3.8) is 0 Å². The average Bonchev–Trinajstić information content (AvgIpc) is 3.13. The van der Waals surface area contributed by atoms with E-state index in [4.69, 9.17) is 0 Å². The van der Waals surface area contributed by atoms with Gasteiger partial charge in [0.1, 0.15) is 0 Å². The predicted octanol–water partition coefficient (Wildman–Crippen LogP) is 1.78. The predicted molar refractivity (Wildman–Crippen MR) is 71.3 cm³/mol. The molecule has 0 spiro atoms. The maximum atomic E-state index is 11.8. The van der Waals surface area contributed by atoms with Gasteiger partial charge in [0.15, 0.2) is 5.82 Å². The minimum absolute atomic E-state index is 0.0464. The van der Waals surface area contributed by atoms with Crippen LogP contribution >= 0.6 is 0 Å². The van der Waals surface area contributed by atoms with E-state index in [0.29, 0.717) is 11.6 Å². The lowest BCUT2D eigenvalue weighted by atomic mass is 10.2. The minimum atomic E-state index is -0.0464. The summed E-state index contributed by atoms with van der Waals surface area (Å²) in [4.78, 5) is 16.2. The second-order valence-electron chi connectivity index (χ2n) is 4.99. The van der Waals surface area contributed by atoms with E-state index in [-0.39, 0.29) is 5.91 Å². The second-order valence-corrected chi connectivity index (χ2v) is 4.99. The van der Waals surface area contributed by atoms with E-state index in [0.717, 1.165) is 30.0 Å². The van der Waals surface area contributed by atoms with Crippen molar-refractivity contribution < 1.29 is 4.79 Å². The summed E-state index contributed by atoms with van der Waals surface area (Å²) >= 11 is 0. The van der Waals surface area contributed by atoms with Gasteiger partial charge in [-0.05, 0) is 44.9 Å². The first-order valence-corrected chi connectivity index (χ1v) is 6.44. The van der Waals surface area contributed by atoms with Crippen LogP contribution in [0.25, 0.3) is 5.82 Å². The molecule has 3 rings (SSSR count). The van der Waals surface area contributed by atoms with Gasteiger partial charge in [0.2, 0.25) is 0 Å². The third-order valence-electron chi connectivity index (χ3n) is 3.15. The van der Waals surface area contributed by atoms with Crippen LogP contribution < -0.4 is 5.32 Å². The number of nitrogens with one attached hydrogen (secondary N) is 1. The fourth-order valence-corrected chi connectivity index (χ4v) is 2.00. The van der Waals surface area contributed by atoms with E-state index >= 15 is 0 Å². The van der Waals surface area contributed by atoms with E-state index in [1.54, 1.807) is 16.9 Å². The Balaban J connectivity index is 1.81. The number of carbonyl (C=O) groups is 1. The summed E-state index contributed by atoms with van der Waals surface area (Å²) in [6, 6.07) is 5.97. The van der Waals surface area contributed by atoms with Crippen molar-refractivity contribution in [3.05, 3.63) is 41.3 Å². The molecule has 0 aromatic carbocycles. The van der Waals surface area contributed by atoms with Crippen LogP contribution in [-0.4, -0.2) is 26.7 Å². The van der Waals surface area contributed by atoms with Crippen molar-refractivity contribution in [2.75, 3.05) is 0 Å². The van der Waals surface area contributed by atoms with Crippen molar-refractivity contribution in [3.8, 4) is 5.82 Å². The SMILES string of the molecule is Cc1cc(C)n(-c2ccc(C(=O)NC3CC3)cn2)n1. The number of amides is 1. The number of rotatable bonds is 3. The Bertz CT molecular complexity index is 611. The van der Waals surface area contributed by atoms with Gasteiger partial charge in [-0.25, -0.2) is 9.67 Å². The van der Waals surface area contributed by atoms with Crippen LogP contribution in [0.3, 0.4) is 0 Å². The fourth-order valence-electron chi connectivity index (χ4n) is 2.00. The summed E-state index contributed by atoms with van der Waals surface area (Å²) in [5, 5.41) is 7.31. The molecule has 1 amide bonds. The maximum absolute atomic E-state index is 11.8. The average molecular weight is 256 g/mol. The van der Waals surface area contributed by atoms with Crippen LogP contribution in [0.2, 0.25) is 0 Å². The molecule has 2 aromatic heterocycles. The number of hydrogen-bond donors (Lipinski definition) is 1. The number of pyridine rings is 1. The molecule has 5 nitrogen and oxygen atoms in total. The number of hydrogen-bond acceptors (Lipinski definition) is 3. The third-order valence-corrected chi connectivity index (χ3v) is 3.15. The van der Waals surface area contributed by atoms with Gasteiger partial charge in [-0.1, -0.05) is 0 Å². The van der Waals surface area contributed by atoms with Gasteiger partial charge in [0, 0.05) is 17.9 Å². The smallest absolute Gasteiger partial charge is 0.253 e. The van der Waals surface area contributed by atoms with Gasteiger partial charge in [0.05, 0.1) is 11.3 Å². The molecule has 98 valence electrons.